The Kier molecular flexibility index (Phi) is 5.33. The van der Waals surface area contributed by atoms with Crippen LogP contribution in [0.4, 0.5) is 0 Å². The maximum Gasteiger partial charge on any atom is 0.267 e. The molecule has 1 aliphatic rings. The molecule has 1 aliphatic heterocycles. The van der Waals surface area contributed by atoms with E-state index < -0.39 is 0 Å². The van der Waals surface area contributed by atoms with Gasteiger partial charge in [0.15, 0.2) is 0 Å². The molecule has 2 aromatic carbocycles. The molecule has 0 atom stereocenters. The van der Waals surface area contributed by atoms with Crippen molar-refractivity contribution in [2.45, 2.75) is 32.4 Å². The van der Waals surface area contributed by atoms with Gasteiger partial charge in [0.25, 0.3) is 5.56 Å². The van der Waals surface area contributed by atoms with E-state index in [1.165, 1.54) is 10.2 Å². The molecule has 0 saturated carbocycles. The number of carbonyl (C=O) groups is 1. The quantitative estimate of drug-likeness (QED) is 0.691. The predicted octanol–water partition coefficient (Wildman–Crippen LogP) is 2.81. The van der Waals surface area contributed by atoms with Crippen molar-refractivity contribution in [2.75, 3.05) is 6.54 Å². The third-order valence-corrected chi connectivity index (χ3v) is 5.14. The van der Waals surface area contributed by atoms with Gasteiger partial charge in [0.1, 0.15) is 0 Å². The minimum atomic E-state index is -0.124. The van der Waals surface area contributed by atoms with Crippen LogP contribution in [-0.2, 0) is 30.7 Å². The molecule has 4 rings (SSSR count). The van der Waals surface area contributed by atoms with Gasteiger partial charge in [-0.25, -0.2) is 4.68 Å². The molecule has 0 spiro atoms. The number of hydrogen-bond donors (Lipinski definition) is 0. The zero-order valence-electron chi connectivity index (χ0n) is 15.8. The highest BCUT2D eigenvalue weighted by molar-refractivity contribution is 5.76. The first-order valence-corrected chi connectivity index (χ1v) is 9.64. The summed E-state index contributed by atoms with van der Waals surface area (Å²) >= 11 is 0. The van der Waals surface area contributed by atoms with Gasteiger partial charge in [-0.2, -0.15) is 5.10 Å². The lowest BCUT2D eigenvalue weighted by Crippen LogP contribution is -2.38. The number of hydrogen-bond acceptors (Lipinski definition) is 3. The van der Waals surface area contributed by atoms with Crippen molar-refractivity contribution in [1.82, 2.24) is 14.7 Å². The highest BCUT2D eigenvalue weighted by atomic mass is 16.2. The molecule has 0 unspecified atom stereocenters. The molecule has 142 valence electrons. The monoisotopic (exact) mass is 373 g/mol. The summed E-state index contributed by atoms with van der Waals surface area (Å²) in [5.74, 6) is 0.128. The maximum absolute atomic E-state index is 12.6. The highest BCUT2D eigenvalue weighted by Gasteiger charge is 2.22. The first-order valence-electron chi connectivity index (χ1n) is 9.64. The van der Waals surface area contributed by atoms with Crippen LogP contribution in [0.15, 0.2) is 71.5 Å². The van der Waals surface area contributed by atoms with Gasteiger partial charge in [0.05, 0.1) is 12.2 Å². The number of nitrogens with zero attached hydrogens (tertiary/aromatic N) is 3. The lowest BCUT2D eigenvalue weighted by molar-refractivity contribution is -0.132. The fourth-order valence-corrected chi connectivity index (χ4v) is 3.58. The highest BCUT2D eigenvalue weighted by Crippen LogP contribution is 2.17. The summed E-state index contributed by atoms with van der Waals surface area (Å²) in [7, 11) is 0. The molecule has 5 nitrogen and oxygen atoms in total. The smallest absolute Gasteiger partial charge is 0.267 e. The number of benzene rings is 2. The molecule has 0 bridgehead atoms. The topological polar surface area (TPSA) is 55.2 Å². The van der Waals surface area contributed by atoms with Crippen LogP contribution in [0.5, 0.6) is 0 Å². The molecule has 1 amide bonds. The Morgan fingerprint density at radius 1 is 0.964 bits per heavy atom. The summed E-state index contributed by atoms with van der Waals surface area (Å²) in [5.41, 5.74) is 3.88. The summed E-state index contributed by atoms with van der Waals surface area (Å²) in [6.45, 7) is 1.58. The Morgan fingerprint density at radius 3 is 2.36 bits per heavy atom. The van der Waals surface area contributed by atoms with Gasteiger partial charge in [-0.1, -0.05) is 60.7 Å². The van der Waals surface area contributed by atoms with E-state index in [0.717, 1.165) is 23.2 Å². The molecule has 1 aromatic heterocycles. The SMILES string of the molecule is O=C(CCc1ccccc1)N1CCc2nn(Cc3ccccc3)c(=O)cc2C1. The van der Waals surface area contributed by atoms with Crippen molar-refractivity contribution in [3.8, 4) is 0 Å². The van der Waals surface area contributed by atoms with Crippen LogP contribution in [0.2, 0.25) is 0 Å². The maximum atomic E-state index is 12.6. The van der Waals surface area contributed by atoms with Gasteiger partial charge in [-0.15, -0.1) is 0 Å². The average Bonchev–Trinajstić information content (AvgIpc) is 2.74. The minimum Gasteiger partial charge on any atom is -0.338 e. The summed E-state index contributed by atoms with van der Waals surface area (Å²) in [6.07, 6.45) is 1.90. The molecular formula is C23H23N3O2. The van der Waals surface area contributed by atoms with Crippen LogP contribution >= 0.6 is 0 Å². The molecule has 0 saturated heterocycles. The van der Waals surface area contributed by atoms with Crippen LogP contribution in [0.25, 0.3) is 0 Å². The summed E-state index contributed by atoms with van der Waals surface area (Å²) in [4.78, 5) is 26.9. The Morgan fingerprint density at radius 2 is 1.64 bits per heavy atom. The molecule has 0 aliphatic carbocycles. The second-order valence-electron chi connectivity index (χ2n) is 7.15. The van der Waals surface area contributed by atoms with Crippen molar-refractivity contribution in [3.05, 3.63) is 99.5 Å². The average molecular weight is 373 g/mol. The molecule has 0 N–H and O–H groups in total. The Hall–Kier alpha value is -3.21. The first-order chi connectivity index (χ1) is 13.7. The fourth-order valence-electron chi connectivity index (χ4n) is 3.58. The van der Waals surface area contributed by atoms with E-state index in [2.05, 4.69) is 5.10 Å². The van der Waals surface area contributed by atoms with Crippen molar-refractivity contribution in [2.24, 2.45) is 0 Å². The van der Waals surface area contributed by atoms with Crippen LogP contribution in [0.1, 0.15) is 28.8 Å². The van der Waals surface area contributed by atoms with Crippen molar-refractivity contribution < 1.29 is 4.79 Å². The van der Waals surface area contributed by atoms with Gasteiger partial charge in [0, 0.05) is 37.6 Å². The lowest BCUT2D eigenvalue weighted by atomic mass is 10.0. The van der Waals surface area contributed by atoms with E-state index in [1.54, 1.807) is 6.07 Å². The van der Waals surface area contributed by atoms with Crippen molar-refractivity contribution in [3.63, 3.8) is 0 Å². The third-order valence-electron chi connectivity index (χ3n) is 5.14. The molecule has 5 heteroatoms. The van der Waals surface area contributed by atoms with Gasteiger partial charge >= 0.3 is 0 Å². The van der Waals surface area contributed by atoms with Gasteiger partial charge in [-0.05, 0) is 17.5 Å². The summed E-state index contributed by atoms with van der Waals surface area (Å²) in [5, 5.41) is 4.56. The summed E-state index contributed by atoms with van der Waals surface area (Å²) in [6, 6.07) is 21.5. The molecule has 0 radical (unpaired) electrons. The zero-order valence-corrected chi connectivity index (χ0v) is 15.8. The van der Waals surface area contributed by atoms with Crippen molar-refractivity contribution in [1.29, 1.82) is 0 Å². The van der Waals surface area contributed by atoms with Gasteiger partial charge in [0.2, 0.25) is 5.91 Å². The number of aromatic nitrogens is 2. The van der Waals surface area contributed by atoms with E-state index in [9.17, 15) is 9.59 Å². The van der Waals surface area contributed by atoms with Gasteiger partial charge < -0.3 is 4.90 Å². The van der Waals surface area contributed by atoms with Crippen molar-refractivity contribution >= 4 is 5.91 Å². The standard InChI is InChI=1S/C23H23N3O2/c27-22(12-11-18-7-3-1-4-8-18)25-14-13-21-20(17-25)15-23(28)26(24-21)16-19-9-5-2-6-10-19/h1-10,15H,11-14,16-17H2. The zero-order chi connectivity index (χ0) is 19.3. The Labute approximate surface area is 164 Å². The number of rotatable bonds is 5. The lowest BCUT2D eigenvalue weighted by Gasteiger charge is -2.28. The number of carbonyl (C=O) groups excluding carboxylic acids is 1. The summed E-state index contributed by atoms with van der Waals surface area (Å²) < 4.78 is 1.51. The van der Waals surface area contributed by atoms with Crippen LogP contribution in [0.3, 0.4) is 0 Å². The van der Waals surface area contributed by atoms with Gasteiger partial charge in [-0.3, -0.25) is 9.59 Å². The van der Waals surface area contributed by atoms with E-state index >= 15 is 0 Å². The predicted molar refractivity (Wildman–Crippen MR) is 108 cm³/mol. The Balaban J connectivity index is 1.43. The van der Waals surface area contributed by atoms with E-state index in [0.29, 0.717) is 32.5 Å². The fraction of sp³-hybridized carbons (Fsp3) is 0.261. The Bertz CT molecular complexity index is 1010. The van der Waals surface area contributed by atoms with E-state index in [-0.39, 0.29) is 11.5 Å². The van der Waals surface area contributed by atoms with E-state index in [1.807, 2.05) is 65.6 Å². The molecule has 2 heterocycles. The molecule has 28 heavy (non-hydrogen) atoms. The molecule has 0 fully saturated rings. The largest absolute Gasteiger partial charge is 0.338 e. The van der Waals surface area contributed by atoms with Crippen LogP contribution in [-0.4, -0.2) is 27.1 Å². The van der Waals surface area contributed by atoms with Crippen LogP contribution in [0, 0.1) is 0 Å². The second-order valence-corrected chi connectivity index (χ2v) is 7.15. The number of amides is 1. The number of fused-ring (bicyclic) bond motifs is 1. The van der Waals surface area contributed by atoms with Crippen LogP contribution < -0.4 is 5.56 Å². The minimum absolute atomic E-state index is 0.124. The molecular weight excluding hydrogens is 350 g/mol. The third kappa shape index (κ3) is 4.19. The second kappa shape index (κ2) is 8.21. The van der Waals surface area contributed by atoms with E-state index in [4.69, 9.17) is 0 Å². The normalized spacial score (nSPS) is 13.2. The molecule has 3 aromatic rings. The number of aryl methyl sites for hydroxylation is 1. The first kappa shape index (κ1) is 18.2.